The van der Waals surface area contributed by atoms with Gasteiger partial charge in [0.1, 0.15) is 18.0 Å². The molecule has 2 rings (SSSR count). The first-order chi connectivity index (χ1) is 15.2. The van der Waals surface area contributed by atoms with Crippen molar-refractivity contribution >= 4 is 12.0 Å². The number of rotatable bonds is 12. The van der Waals surface area contributed by atoms with E-state index in [1.54, 1.807) is 6.20 Å². The number of hydrogen-bond donors (Lipinski definition) is 2. The Bertz CT molecular complexity index is 720. The van der Waals surface area contributed by atoms with Crippen molar-refractivity contribution in [2.24, 2.45) is 0 Å². The topological polar surface area (TPSA) is 92.8 Å². The fourth-order valence-corrected chi connectivity index (χ4v) is 3.74. The Balaban J connectivity index is 1.48. The summed E-state index contributed by atoms with van der Waals surface area (Å²) >= 11 is 0. The molecule has 8 nitrogen and oxygen atoms in total. The van der Waals surface area contributed by atoms with Crippen LogP contribution in [0.2, 0.25) is 0 Å². The molecule has 1 saturated heterocycles. The number of aromatic nitrogens is 1. The van der Waals surface area contributed by atoms with Gasteiger partial charge >= 0.3 is 6.09 Å². The summed E-state index contributed by atoms with van der Waals surface area (Å²) in [6.07, 6.45) is 9.74. The van der Waals surface area contributed by atoms with Crippen molar-refractivity contribution in [3.05, 3.63) is 24.0 Å². The van der Waals surface area contributed by atoms with Gasteiger partial charge in [0.2, 0.25) is 5.91 Å². The van der Waals surface area contributed by atoms with E-state index in [9.17, 15) is 9.59 Å². The number of ether oxygens (including phenoxy) is 2. The van der Waals surface area contributed by atoms with Crippen molar-refractivity contribution in [2.45, 2.75) is 77.4 Å². The Morgan fingerprint density at radius 2 is 1.91 bits per heavy atom. The number of carbonyl (C=O) groups excluding carboxylic acids is 2. The van der Waals surface area contributed by atoms with Gasteiger partial charge in [-0.1, -0.05) is 12.8 Å². The van der Waals surface area contributed by atoms with Crippen molar-refractivity contribution in [3.8, 4) is 5.75 Å². The van der Waals surface area contributed by atoms with E-state index in [-0.39, 0.29) is 12.0 Å². The zero-order valence-electron chi connectivity index (χ0n) is 20.1. The van der Waals surface area contributed by atoms with Crippen LogP contribution in [0.25, 0.3) is 0 Å². The molecule has 2 amide bonds. The maximum atomic E-state index is 12.0. The summed E-state index contributed by atoms with van der Waals surface area (Å²) in [6.45, 7) is 8.13. The van der Waals surface area contributed by atoms with E-state index in [0.717, 1.165) is 44.4 Å². The number of nitrogens with one attached hydrogen (secondary N) is 2. The molecule has 180 valence electrons. The molecular formula is C24H40N4O4. The average molecular weight is 449 g/mol. The molecule has 1 aliphatic heterocycles. The second-order valence-corrected chi connectivity index (χ2v) is 9.38. The van der Waals surface area contributed by atoms with Gasteiger partial charge in [-0.3, -0.25) is 14.7 Å². The molecule has 32 heavy (non-hydrogen) atoms. The molecule has 0 radical (unpaired) electrons. The largest absolute Gasteiger partial charge is 0.490 e. The molecule has 1 atom stereocenters. The number of nitrogens with zero attached hydrogens (tertiary/aromatic N) is 2. The highest BCUT2D eigenvalue weighted by molar-refractivity contribution is 5.75. The molecule has 2 N–H and O–H groups in total. The lowest BCUT2D eigenvalue weighted by molar-refractivity contribution is -0.121. The number of hydrogen-bond acceptors (Lipinski definition) is 6. The Morgan fingerprint density at radius 3 is 2.62 bits per heavy atom. The highest BCUT2D eigenvalue weighted by Crippen LogP contribution is 2.31. The molecular weight excluding hydrogens is 408 g/mol. The average Bonchev–Trinajstić information content (AvgIpc) is 3.15. The van der Waals surface area contributed by atoms with E-state index in [4.69, 9.17) is 9.47 Å². The standard InChI is InChI=1S/C24H40N4O4/c1-24(2,3)32-23(30)27-12-8-6-5-7-11-22(29)26-13-15-31-20-16-19(17-25-18-20)21-10-9-14-28(21)4/h16-18,21H,5-15H2,1-4H3,(H,26,29)(H,27,30)/t21-/m0/s1. The van der Waals surface area contributed by atoms with Crippen LogP contribution in [0.15, 0.2) is 18.5 Å². The van der Waals surface area contributed by atoms with E-state index in [1.165, 1.54) is 12.0 Å². The summed E-state index contributed by atoms with van der Waals surface area (Å²) in [4.78, 5) is 30.2. The molecule has 1 aromatic heterocycles. The van der Waals surface area contributed by atoms with Crippen LogP contribution < -0.4 is 15.4 Å². The lowest BCUT2D eigenvalue weighted by Gasteiger charge is -2.19. The Kier molecular flexibility index (Phi) is 10.7. The SMILES string of the molecule is CN1CCC[C@H]1c1cncc(OCCNC(=O)CCCCCCNC(=O)OC(C)(C)C)c1. The Hall–Kier alpha value is -2.35. The molecule has 1 fully saturated rings. The van der Waals surface area contributed by atoms with Crippen LogP contribution in [0.1, 0.15) is 77.3 Å². The Labute approximate surface area is 192 Å². The minimum Gasteiger partial charge on any atom is -0.490 e. The fourth-order valence-electron chi connectivity index (χ4n) is 3.74. The van der Waals surface area contributed by atoms with Crippen molar-refractivity contribution in [3.63, 3.8) is 0 Å². The van der Waals surface area contributed by atoms with Gasteiger partial charge in [-0.15, -0.1) is 0 Å². The minimum absolute atomic E-state index is 0.0416. The number of likely N-dealkylation sites (tertiary alicyclic amines) is 1. The van der Waals surface area contributed by atoms with Crippen molar-refractivity contribution in [2.75, 3.05) is 33.3 Å². The van der Waals surface area contributed by atoms with Crippen molar-refractivity contribution in [1.82, 2.24) is 20.5 Å². The number of unbranched alkanes of at least 4 members (excludes halogenated alkanes) is 3. The predicted octanol–water partition coefficient (Wildman–Crippen LogP) is 3.82. The summed E-state index contributed by atoms with van der Waals surface area (Å²) in [7, 11) is 2.14. The molecule has 0 unspecified atom stereocenters. The third-order valence-electron chi connectivity index (χ3n) is 5.33. The van der Waals surface area contributed by atoms with Gasteiger partial charge in [0.25, 0.3) is 0 Å². The molecule has 0 aromatic carbocycles. The lowest BCUT2D eigenvalue weighted by Crippen LogP contribution is -2.33. The van der Waals surface area contributed by atoms with Gasteiger partial charge in [0.15, 0.2) is 0 Å². The van der Waals surface area contributed by atoms with E-state index >= 15 is 0 Å². The predicted molar refractivity (Wildman–Crippen MR) is 125 cm³/mol. The number of pyridine rings is 1. The summed E-state index contributed by atoms with van der Waals surface area (Å²) in [5.41, 5.74) is 0.712. The molecule has 0 saturated carbocycles. The van der Waals surface area contributed by atoms with Gasteiger partial charge in [0.05, 0.1) is 12.7 Å². The first-order valence-corrected chi connectivity index (χ1v) is 11.8. The molecule has 0 spiro atoms. The Morgan fingerprint density at radius 1 is 1.12 bits per heavy atom. The van der Waals surface area contributed by atoms with Crippen molar-refractivity contribution < 1.29 is 19.1 Å². The highest BCUT2D eigenvalue weighted by Gasteiger charge is 2.23. The molecule has 1 aromatic rings. The third-order valence-corrected chi connectivity index (χ3v) is 5.33. The summed E-state index contributed by atoms with van der Waals surface area (Å²) in [6, 6.07) is 2.47. The molecule has 2 heterocycles. The third kappa shape index (κ3) is 10.3. The first-order valence-electron chi connectivity index (χ1n) is 11.8. The van der Waals surface area contributed by atoms with Crippen molar-refractivity contribution in [1.29, 1.82) is 0 Å². The second-order valence-electron chi connectivity index (χ2n) is 9.38. The molecule has 0 aliphatic carbocycles. The van der Waals surface area contributed by atoms with Gasteiger partial charge in [-0.05, 0) is 71.7 Å². The van der Waals surface area contributed by atoms with Crippen LogP contribution in [0, 0.1) is 0 Å². The van der Waals surface area contributed by atoms with Crippen LogP contribution in [0.5, 0.6) is 5.75 Å². The fraction of sp³-hybridized carbons (Fsp3) is 0.708. The molecule has 0 bridgehead atoms. The van der Waals surface area contributed by atoms with Crippen LogP contribution in [-0.2, 0) is 9.53 Å². The zero-order chi connectivity index (χ0) is 23.4. The summed E-state index contributed by atoms with van der Waals surface area (Å²) < 4.78 is 11.0. The summed E-state index contributed by atoms with van der Waals surface area (Å²) in [5, 5.41) is 5.65. The second kappa shape index (κ2) is 13.3. The first kappa shape index (κ1) is 25.9. The van der Waals surface area contributed by atoms with Crippen LogP contribution in [0.4, 0.5) is 4.79 Å². The number of carbonyl (C=O) groups is 2. The highest BCUT2D eigenvalue weighted by atomic mass is 16.6. The zero-order valence-corrected chi connectivity index (χ0v) is 20.1. The van der Waals surface area contributed by atoms with Gasteiger partial charge in [0, 0.05) is 25.2 Å². The molecule has 8 heteroatoms. The molecule has 1 aliphatic rings. The van der Waals surface area contributed by atoms with Gasteiger partial charge in [-0.25, -0.2) is 4.79 Å². The van der Waals surface area contributed by atoms with Crippen LogP contribution in [0.3, 0.4) is 0 Å². The van der Waals surface area contributed by atoms with E-state index in [1.807, 2.05) is 27.0 Å². The van der Waals surface area contributed by atoms with Crippen LogP contribution in [-0.4, -0.2) is 60.8 Å². The van der Waals surface area contributed by atoms with E-state index < -0.39 is 5.60 Å². The monoisotopic (exact) mass is 448 g/mol. The number of amides is 2. The maximum Gasteiger partial charge on any atom is 0.407 e. The van der Waals surface area contributed by atoms with E-state index in [0.29, 0.717) is 32.2 Å². The van der Waals surface area contributed by atoms with Crippen LogP contribution >= 0.6 is 0 Å². The summed E-state index contributed by atoms with van der Waals surface area (Å²) in [5.74, 6) is 0.789. The van der Waals surface area contributed by atoms with E-state index in [2.05, 4.69) is 33.6 Å². The minimum atomic E-state index is -0.476. The smallest absolute Gasteiger partial charge is 0.407 e. The quantitative estimate of drug-likeness (QED) is 0.472. The lowest BCUT2D eigenvalue weighted by atomic mass is 10.1. The number of alkyl carbamates (subject to hydrolysis) is 1. The normalized spacial score (nSPS) is 16.6. The maximum absolute atomic E-state index is 12.0. The van der Waals surface area contributed by atoms with Gasteiger partial charge < -0.3 is 20.1 Å². The van der Waals surface area contributed by atoms with Gasteiger partial charge in [-0.2, -0.15) is 0 Å².